The van der Waals surface area contributed by atoms with Crippen molar-refractivity contribution in [2.45, 2.75) is 32.6 Å². The predicted octanol–water partition coefficient (Wildman–Crippen LogP) is 2.37. The van der Waals surface area contributed by atoms with Crippen LogP contribution in [0.25, 0.3) is 0 Å². The molecule has 0 bridgehead atoms. The normalized spacial score (nSPS) is 18.5. The summed E-state index contributed by atoms with van der Waals surface area (Å²) >= 11 is 0. The van der Waals surface area contributed by atoms with Crippen molar-refractivity contribution in [1.29, 1.82) is 0 Å². The molecule has 0 spiro atoms. The summed E-state index contributed by atoms with van der Waals surface area (Å²) in [6, 6.07) is 7.04. The number of guanidine groups is 1. The van der Waals surface area contributed by atoms with Gasteiger partial charge in [-0.05, 0) is 43.7 Å². The molecule has 0 saturated carbocycles. The SMILES string of the molecule is CN=C(NCCCCN1C(=O)c2ccccc2C1=O)N1CCC(C)CC1. The third-order valence-corrected chi connectivity index (χ3v) is 5.26. The quantitative estimate of drug-likeness (QED) is 0.381. The van der Waals surface area contributed by atoms with Crippen LogP contribution in [-0.2, 0) is 0 Å². The van der Waals surface area contributed by atoms with Gasteiger partial charge in [-0.3, -0.25) is 19.5 Å². The van der Waals surface area contributed by atoms with Gasteiger partial charge in [0, 0.05) is 33.2 Å². The summed E-state index contributed by atoms with van der Waals surface area (Å²) in [5.41, 5.74) is 1.05. The molecule has 0 aromatic heterocycles. The molecule has 26 heavy (non-hydrogen) atoms. The molecular formula is C20H28N4O2. The van der Waals surface area contributed by atoms with E-state index in [-0.39, 0.29) is 11.8 Å². The molecule has 2 aliphatic heterocycles. The number of amides is 2. The van der Waals surface area contributed by atoms with Crippen molar-refractivity contribution in [3.63, 3.8) is 0 Å². The van der Waals surface area contributed by atoms with Crippen LogP contribution < -0.4 is 5.32 Å². The van der Waals surface area contributed by atoms with Gasteiger partial charge in [-0.1, -0.05) is 19.1 Å². The van der Waals surface area contributed by atoms with Crippen LogP contribution in [0.3, 0.4) is 0 Å². The average molecular weight is 356 g/mol. The van der Waals surface area contributed by atoms with Gasteiger partial charge in [0.15, 0.2) is 5.96 Å². The highest BCUT2D eigenvalue weighted by molar-refractivity contribution is 6.21. The van der Waals surface area contributed by atoms with Crippen molar-refractivity contribution < 1.29 is 9.59 Å². The van der Waals surface area contributed by atoms with E-state index >= 15 is 0 Å². The lowest BCUT2D eigenvalue weighted by Gasteiger charge is -2.32. The van der Waals surface area contributed by atoms with Crippen molar-refractivity contribution in [2.24, 2.45) is 10.9 Å². The molecule has 6 heteroatoms. The molecule has 1 aromatic carbocycles. The van der Waals surface area contributed by atoms with Crippen molar-refractivity contribution in [3.05, 3.63) is 35.4 Å². The first-order valence-corrected chi connectivity index (χ1v) is 9.52. The Bertz CT molecular complexity index is 658. The molecule has 1 aromatic rings. The van der Waals surface area contributed by atoms with Crippen molar-refractivity contribution in [1.82, 2.24) is 15.1 Å². The van der Waals surface area contributed by atoms with E-state index in [0.717, 1.165) is 44.4 Å². The molecule has 0 radical (unpaired) electrons. The molecule has 2 heterocycles. The van der Waals surface area contributed by atoms with Crippen molar-refractivity contribution >= 4 is 17.8 Å². The van der Waals surface area contributed by atoms with Gasteiger partial charge >= 0.3 is 0 Å². The highest BCUT2D eigenvalue weighted by Crippen LogP contribution is 2.22. The number of likely N-dealkylation sites (tertiary alicyclic amines) is 1. The molecule has 2 aliphatic rings. The van der Waals surface area contributed by atoms with E-state index in [1.54, 1.807) is 24.3 Å². The summed E-state index contributed by atoms with van der Waals surface area (Å²) < 4.78 is 0. The number of imide groups is 1. The highest BCUT2D eigenvalue weighted by atomic mass is 16.2. The number of nitrogens with one attached hydrogen (secondary N) is 1. The number of rotatable bonds is 5. The maximum absolute atomic E-state index is 12.3. The Labute approximate surface area is 155 Å². The number of piperidine rings is 1. The zero-order chi connectivity index (χ0) is 18.5. The summed E-state index contributed by atoms with van der Waals surface area (Å²) in [4.78, 5) is 32.7. The Balaban J connectivity index is 1.41. The maximum Gasteiger partial charge on any atom is 0.261 e. The minimum atomic E-state index is -0.170. The van der Waals surface area contributed by atoms with Gasteiger partial charge < -0.3 is 10.2 Å². The molecule has 6 nitrogen and oxygen atoms in total. The summed E-state index contributed by atoms with van der Waals surface area (Å²) in [5, 5.41) is 3.41. The molecule has 140 valence electrons. The first-order valence-electron chi connectivity index (χ1n) is 9.52. The Hall–Kier alpha value is -2.37. The number of fused-ring (bicyclic) bond motifs is 1. The number of hydrogen-bond acceptors (Lipinski definition) is 3. The molecule has 1 fully saturated rings. The average Bonchev–Trinajstić information content (AvgIpc) is 2.90. The van der Waals surface area contributed by atoms with Gasteiger partial charge in [-0.25, -0.2) is 0 Å². The molecule has 1 N–H and O–H groups in total. The zero-order valence-electron chi connectivity index (χ0n) is 15.7. The molecular weight excluding hydrogens is 328 g/mol. The van der Waals surface area contributed by atoms with Crippen LogP contribution >= 0.6 is 0 Å². The van der Waals surface area contributed by atoms with E-state index in [1.807, 2.05) is 7.05 Å². The summed E-state index contributed by atoms with van der Waals surface area (Å²) in [6.07, 6.45) is 4.09. The lowest BCUT2D eigenvalue weighted by molar-refractivity contribution is 0.0652. The van der Waals surface area contributed by atoms with Crippen LogP contribution in [0.4, 0.5) is 0 Å². The first kappa shape index (κ1) is 18.4. The van der Waals surface area contributed by atoms with Gasteiger partial charge in [0.05, 0.1) is 11.1 Å². The fourth-order valence-corrected chi connectivity index (χ4v) is 3.59. The minimum absolute atomic E-state index is 0.170. The van der Waals surface area contributed by atoms with E-state index in [4.69, 9.17) is 0 Å². The molecule has 3 rings (SSSR count). The third kappa shape index (κ3) is 3.89. The number of benzene rings is 1. The number of unbranched alkanes of at least 4 members (excludes halogenated alkanes) is 1. The Morgan fingerprint density at radius 2 is 1.73 bits per heavy atom. The first-order chi connectivity index (χ1) is 12.6. The van der Waals surface area contributed by atoms with Crippen LogP contribution in [0.5, 0.6) is 0 Å². The molecule has 1 saturated heterocycles. The fraction of sp³-hybridized carbons (Fsp3) is 0.550. The van der Waals surface area contributed by atoms with Crippen LogP contribution in [0, 0.1) is 5.92 Å². The zero-order valence-corrected chi connectivity index (χ0v) is 15.7. The molecule has 2 amide bonds. The fourth-order valence-electron chi connectivity index (χ4n) is 3.59. The van der Waals surface area contributed by atoms with Crippen LogP contribution in [0.15, 0.2) is 29.3 Å². The molecule has 0 atom stereocenters. The van der Waals surface area contributed by atoms with Crippen molar-refractivity contribution in [2.75, 3.05) is 33.2 Å². The van der Waals surface area contributed by atoms with E-state index in [1.165, 1.54) is 17.7 Å². The Morgan fingerprint density at radius 1 is 1.12 bits per heavy atom. The standard InChI is InChI=1S/C20H28N4O2/c1-15-9-13-23(14-10-15)20(21-2)22-11-5-6-12-24-18(25)16-7-3-4-8-17(16)19(24)26/h3-4,7-8,15H,5-6,9-14H2,1-2H3,(H,21,22). The third-order valence-electron chi connectivity index (χ3n) is 5.26. The monoisotopic (exact) mass is 356 g/mol. The summed E-state index contributed by atoms with van der Waals surface area (Å²) in [6.45, 7) is 5.66. The van der Waals surface area contributed by atoms with Crippen molar-refractivity contribution in [3.8, 4) is 0 Å². The second-order valence-electron chi connectivity index (χ2n) is 7.16. The van der Waals surface area contributed by atoms with Crippen LogP contribution in [0.1, 0.15) is 53.3 Å². The second-order valence-corrected chi connectivity index (χ2v) is 7.16. The number of carbonyl (C=O) groups is 2. The number of carbonyl (C=O) groups excluding carboxylic acids is 2. The number of aliphatic imine (C=N–C) groups is 1. The van der Waals surface area contributed by atoms with Gasteiger partial charge in [-0.15, -0.1) is 0 Å². The molecule has 0 unspecified atom stereocenters. The minimum Gasteiger partial charge on any atom is -0.356 e. The van der Waals surface area contributed by atoms with Crippen LogP contribution in [-0.4, -0.2) is 60.8 Å². The van der Waals surface area contributed by atoms with E-state index in [2.05, 4.69) is 22.1 Å². The predicted molar refractivity (Wildman–Crippen MR) is 102 cm³/mol. The second kappa shape index (κ2) is 8.34. The molecule has 0 aliphatic carbocycles. The van der Waals surface area contributed by atoms with Gasteiger partial charge in [-0.2, -0.15) is 0 Å². The Kier molecular flexibility index (Phi) is 5.91. The van der Waals surface area contributed by atoms with E-state index < -0.39 is 0 Å². The van der Waals surface area contributed by atoms with E-state index in [0.29, 0.717) is 17.7 Å². The van der Waals surface area contributed by atoms with Crippen LogP contribution in [0.2, 0.25) is 0 Å². The summed E-state index contributed by atoms with van der Waals surface area (Å²) in [5.74, 6) is 1.41. The van der Waals surface area contributed by atoms with Gasteiger partial charge in [0.1, 0.15) is 0 Å². The van der Waals surface area contributed by atoms with Gasteiger partial charge in [0.2, 0.25) is 0 Å². The maximum atomic E-state index is 12.3. The van der Waals surface area contributed by atoms with E-state index in [9.17, 15) is 9.59 Å². The topological polar surface area (TPSA) is 65.0 Å². The Morgan fingerprint density at radius 3 is 2.31 bits per heavy atom. The number of hydrogen-bond donors (Lipinski definition) is 1. The highest BCUT2D eigenvalue weighted by Gasteiger charge is 2.34. The smallest absolute Gasteiger partial charge is 0.261 e. The lowest BCUT2D eigenvalue weighted by atomic mass is 10.00. The largest absolute Gasteiger partial charge is 0.356 e. The summed E-state index contributed by atoms with van der Waals surface area (Å²) in [7, 11) is 1.82. The van der Waals surface area contributed by atoms with Gasteiger partial charge in [0.25, 0.3) is 11.8 Å². The number of nitrogens with zero attached hydrogens (tertiary/aromatic N) is 3. The lowest BCUT2D eigenvalue weighted by Crippen LogP contribution is -2.45.